The molecular weight excluding hydrogens is 619 g/mol. The number of halogens is 3. The Kier molecular flexibility index (Phi) is 8.21. The van der Waals surface area contributed by atoms with E-state index in [1.54, 1.807) is 12.1 Å². The summed E-state index contributed by atoms with van der Waals surface area (Å²) >= 11 is 0. The number of rotatable bonds is 8. The van der Waals surface area contributed by atoms with Crippen LogP contribution < -0.4 is 14.4 Å². The second-order valence-corrected chi connectivity index (χ2v) is 13.6. The number of hydrogen-bond acceptors (Lipinski definition) is 9. The molecule has 0 aliphatic carbocycles. The number of anilines is 1. The number of methoxy groups -OCH3 is 1. The highest BCUT2D eigenvalue weighted by Gasteiger charge is 2.49. The molecule has 5 heterocycles. The van der Waals surface area contributed by atoms with Gasteiger partial charge >= 0.3 is 6.01 Å². The van der Waals surface area contributed by atoms with Gasteiger partial charge in [-0.3, -0.25) is 14.1 Å². The van der Waals surface area contributed by atoms with Gasteiger partial charge in [-0.05, 0) is 43.0 Å². The fourth-order valence-corrected chi connectivity index (χ4v) is 8.02. The molecule has 3 saturated heterocycles. The molecule has 0 radical (unpaired) electrons. The van der Waals surface area contributed by atoms with Gasteiger partial charge in [0.25, 0.3) is 0 Å². The lowest BCUT2D eigenvalue weighted by molar-refractivity contribution is 0.0512. The van der Waals surface area contributed by atoms with E-state index in [2.05, 4.69) is 25.8 Å². The quantitative estimate of drug-likeness (QED) is 0.200. The SMILES string of the molecule is C#Cc1c(F)ccc2cc(OCOC)cc(-c3ncc4c(N5CCS(=O)CC5)nc(OC[C@@]56CCCN5C[C@H](F)C6)nc4c3F)c12. The van der Waals surface area contributed by atoms with Crippen molar-refractivity contribution in [2.24, 2.45) is 0 Å². The lowest BCUT2D eigenvalue weighted by Gasteiger charge is -2.31. The summed E-state index contributed by atoms with van der Waals surface area (Å²) in [5.41, 5.74) is -0.452. The smallest absolute Gasteiger partial charge is 0.319 e. The monoisotopic (exact) mass is 651 g/mol. The van der Waals surface area contributed by atoms with E-state index < -0.39 is 34.1 Å². The van der Waals surface area contributed by atoms with Crippen LogP contribution >= 0.6 is 0 Å². The number of terminal acetylenes is 1. The Morgan fingerprint density at radius 3 is 2.76 bits per heavy atom. The van der Waals surface area contributed by atoms with E-state index in [0.717, 1.165) is 19.4 Å². The van der Waals surface area contributed by atoms with Gasteiger partial charge in [0.05, 0.1) is 16.5 Å². The minimum atomic E-state index is -0.958. The summed E-state index contributed by atoms with van der Waals surface area (Å²) in [6.07, 6.45) is 8.35. The zero-order chi connectivity index (χ0) is 32.0. The first-order valence-electron chi connectivity index (χ1n) is 15.1. The maximum atomic E-state index is 16.9. The first-order valence-corrected chi connectivity index (χ1v) is 16.6. The van der Waals surface area contributed by atoms with Crippen molar-refractivity contribution in [3.8, 4) is 35.4 Å². The van der Waals surface area contributed by atoms with Crippen molar-refractivity contribution < 1.29 is 31.6 Å². The van der Waals surface area contributed by atoms with Crippen molar-refractivity contribution in [2.45, 2.75) is 31.0 Å². The van der Waals surface area contributed by atoms with Gasteiger partial charge in [-0.25, -0.2) is 13.2 Å². The Morgan fingerprint density at radius 1 is 1.15 bits per heavy atom. The minimum absolute atomic E-state index is 0.0380. The number of benzene rings is 2. The normalized spacial score (nSPS) is 22.0. The van der Waals surface area contributed by atoms with Crippen LogP contribution in [0.4, 0.5) is 19.0 Å². The second-order valence-electron chi connectivity index (χ2n) is 11.9. The Morgan fingerprint density at radius 2 is 1.98 bits per heavy atom. The van der Waals surface area contributed by atoms with Crippen LogP contribution in [0.5, 0.6) is 11.8 Å². The lowest BCUT2D eigenvalue weighted by Crippen LogP contribution is -2.43. The molecule has 46 heavy (non-hydrogen) atoms. The molecule has 4 aromatic rings. The molecule has 13 heteroatoms. The van der Waals surface area contributed by atoms with Gasteiger partial charge in [0.15, 0.2) is 12.6 Å². The van der Waals surface area contributed by atoms with Crippen LogP contribution in [-0.4, -0.2) is 94.0 Å². The number of hydrogen-bond donors (Lipinski definition) is 0. The average molecular weight is 652 g/mol. The van der Waals surface area contributed by atoms with Crippen LogP contribution in [0.2, 0.25) is 0 Å². The maximum Gasteiger partial charge on any atom is 0.319 e. The summed E-state index contributed by atoms with van der Waals surface area (Å²) in [5, 5.41) is 1.16. The Labute approximate surface area is 266 Å². The molecule has 2 aromatic heterocycles. The molecule has 0 amide bonds. The van der Waals surface area contributed by atoms with E-state index in [1.807, 2.05) is 4.90 Å². The van der Waals surface area contributed by atoms with E-state index in [-0.39, 0.29) is 41.7 Å². The van der Waals surface area contributed by atoms with Gasteiger partial charge in [0.1, 0.15) is 41.4 Å². The van der Waals surface area contributed by atoms with Crippen molar-refractivity contribution in [1.29, 1.82) is 0 Å². The molecule has 2 atom stereocenters. The van der Waals surface area contributed by atoms with E-state index in [9.17, 15) is 13.0 Å². The van der Waals surface area contributed by atoms with Gasteiger partial charge in [-0.2, -0.15) is 9.97 Å². The lowest BCUT2D eigenvalue weighted by atomic mass is 9.95. The average Bonchev–Trinajstić information content (AvgIpc) is 3.58. The van der Waals surface area contributed by atoms with Crippen LogP contribution in [0.1, 0.15) is 24.8 Å². The summed E-state index contributed by atoms with van der Waals surface area (Å²) < 4.78 is 75.3. The number of nitrogens with zero attached hydrogens (tertiary/aromatic N) is 5. The van der Waals surface area contributed by atoms with E-state index in [1.165, 1.54) is 25.4 Å². The molecule has 0 bridgehead atoms. The van der Waals surface area contributed by atoms with E-state index in [4.69, 9.17) is 20.6 Å². The van der Waals surface area contributed by atoms with E-state index >= 15 is 4.39 Å². The molecule has 3 aliphatic rings. The van der Waals surface area contributed by atoms with Crippen molar-refractivity contribution >= 4 is 38.3 Å². The van der Waals surface area contributed by atoms with Crippen molar-refractivity contribution in [3.63, 3.8) is 0 Å². The number of ether oxygens (including phenoxy) is 3. The molecule has 240 valence electrons. The fraction of sp³-hybridized carbons (Fsp3) is 0.424. The van der Waals surface area contributed by atoms with Crippen LogP contribution in [0.3, 0.4) is 0 Å². The third-order valence-electron chi connectivity index (χ3n) is 9.14. The standard InChI is InChI=1S/C33H32F3N5O4S/c1-3-23-26(35)6-5-20-13-22(45-19-43-2)14-24(27(20)23)29-28(36)30-25(16-37-29)31(40-9-11-46(42)12-10-40)39-32(38-30)44-18-33-7-4-8-41(33)17-21(34)15-33/h1,5-6,13-14,16,21H,4,7-12,15,17-19H2,2H3/t21-,33+/m1/s1. The minimum Gasteiger partial charge on any atom is -0.468 e. The number of alkyl halides is 1. The van der Waals surface area contributed by atoms with Crippen LogP contribution in [0.15, 0.2) is 30.5 Å². The Balaban J connectivity index is 1.38. The molecule has 0 saturated carbocycles. The largest absolute Gasteiger partial charge is 0.468 e. The van der Waals surface area contributed by atoms with Crippen LogP contribution in [-0.2, 0) is 15.5 Å². The zero-order valence-electron chi connectivity index (χ0n) is 25.2. The number of fused-ring (bicyclic) bond motifs is 3. The van der Waals surface area contributed by atoms with Gasteiger partial charge in [0.2, 0.25) is 0 Å². The zero-order valence-corrected chi connectivity index (χ0v) is 26.0. The van der Waals surface area contributed by atoms with Gasteiger partial charge in [-0.15, -0.1) is 6.42 Å². The Bertz CT molecular complexity index is 1900. The molecule has 3 aliphatic heterocycles. The third-order valence-corrected chi connectivity index (χ3v) is 10.4. The summed E-state index contributed by atoms with van der Waals surface area (Å²) in [7, 11) is 0.516. The molecular formula is C33H32F3N5O4S. The van der Waals surface area contributed by atoms with Crippen molar-refractivity contribution in [1.82, 2.24) is 19.9 Å². The highest BCUT2D eigenvalue weighted by molar-refractivity contribution is 7.85. The summed E-state index contributed by atoms with van der Waals surface area (Å²) in [6, 6.07) is 5.95. The Hall–Kier alpha value is -3.99. The highest BCUT2D eigenvalue weighted by Crippen LogP contribution is 2.42. The van der Waals surface area contributed by atoms with E-state index in [0.29, 0.717) is 65.3 Å². The topological polar surface area (TPSA) is 89.9 Å². The number of pyridine rings is 1. The molecule has 0 spiro atoms. The van der Waals surface area contributed by atoms with Gasteiger partial charge in [0, 0.05) is 72.6 Å². The summed E-state index contributed by atoms with van der Waals surface area (Å²) in [5.74, 6) is 2.61. The number of aromatic nitrogens is 3. The first-order chi connectivity index (χ1) is 22.3. The molecule has 0 N–H and O–H groups in total. The van der Waals surface area contributed by atoms with Crippen molar-refractivity contribution in [3.05, 3.63) is 47.7 Å². The third kappa shape index (κ3) is 5.42. The van der Waals surface area contributed by atoms with Gasteiger partial charge < -0.3 is 19.1 Å². The summed E-state index contributed by atoms with van der Waals surface area (Å²) in [6.45, 7) is 2.14. The predicted molar refractivity (Wildman–Crippen MR) is 169 cm³/mol. The molecule has 0 unspecified atom stereocenters. The molecule has 3 fully saturated rings. The molecule has 7 rings (SSSR count). The van der Waals surface area contributed by atoms with Crippen molar-refractivity contribution in [2.75, 3.05) is 63.1 Å². The fourth-order valence-electron chi connectivity index (χ4n) is 6.96. The predicted octanol–water partition coefficient (Wildman–Crippen LogP) is 4.61. The molecule has 9 nitrogen and oxygen atoms in total. The highest BCUT2D eigenvalue weighted by atomic mass is 32.2. The maximum absolute atomic E-state index is 16.9. The van der Waals surface area contributed by atoms with Crippen LogP contribution in [0, 0.1) is 24.0 Å². The second kappa shape index (κ2) is 12.3. The van der Waals surface area contributed by atoms with Crippen LogP contribution in [0.25, 0.3) is 32.9 Å². The first kappa shape index (κ1) is 30.7. The molecule has 2 aromatic carbocycles. The summed E-state index contributed by atoms with van der Waals surface area (Å²) in [4.78, 5) is 17.8. The van der Waals surface area contributed by atoms with Gasteiger partial charge in [-0.1, -0.05) is 12.0 Å².